The maximum atomic E-state index is 9.91. The second kappa shape index (κ2) is 5.13. The number of allylic oxidation sites excluding steroid dienone is 2. The molecule has 4 atom stereocenters. The van der Waals surface area contributed by atoms with Crippen LogP contribution in [0.15, 0.2) is 12.2 Å². The van der Waals surface area contributed by atoms with Gasteiger partial charge in [-0.05, 0) is 31.1 Å². The zero-order valence-corrected chi connectivity index (χ0v) is 9.56. The molecule has 2 heteroatoms. The van der Waals surface area contributed by atoms with E-state index >= 15 is 0 Å². The first-order valence-electron chi connectivity index (χ1n) is 6.29. The lowest BCUT2D eigenvalue weighted by Gasteiger charge is -2.24. The molecule has 2 aliphatic rings. The van der Waals surface area contributed by atoms with E-state index in [2.05, 4.69) is 19.1 Å². The van der Waals surface area contributed by atoms with Gasteiger partial charge in [0.05, 0.1) is 0 Å². The topological polar surface area (TPSA) is 29.5 Å². The molecule has 2 bridgehead atoms. The number of rotatable bonds is 6. The summed E-state index contributed by atoms with van der Waals surface area (Å²) in [6, 6.07) is 0. The predicted molar refractivity (Wildman–Crippen MR) is 60.3 cm³/mol. The fourth-order valence-electron chi connectivity index (χ4n) is 2.83. The van der Waals surface area contributed by atoms with E-state index in [1.165, 1.54) is 19.3 Å². The summed E-state index contributed by atoms with van der Waals surface area (Å²) < 4.78 is 5.50. The van der Waals surface area contributed by atoms with E-state index in [0.717, 1.165) is 12.8 Å². The molecule has 2 rings (SSSR count). The molecule has 0 radical (unpaired) electrons. The van der Waals surface area contributed by atoms with Crippen molar-refractivity contribution in [2.75, 3.05) is 6.61 Å². The highest BCUT2D eigenvalue weighted by molar-refractivity contribution is 5.10. The summed E-state index contributed by atoms with van der Waals surface area (Å²) in [4.78, 5) is 0. The minimum Gasteiger partial charge on any atom is -0.368 e. The Balaban J connectivity index is 1.68. The molecule has 2 aliphatic carbocycles. The van der Waals surface area contributed by atoms with Gasteiger partial charge in [-0.25, -0.2) is 0 Å². The predicted octanol–water partition coefficient (Wildman–Crippen LogP) is 2.72. The molecule has 2 nitrogen and oxygen atoms in total. The van der Waals surface area contributed by atoms with Gasteiger partial charge in [-0.1, -0.05) is 31.9 Å². The first kappa shape index (κ1) is 11.2. The van der Waals surface area contributed by atoms with E-state index in [9.17, 15) is 5.11 Å². The molecule has 0 amide bonds. The van der Waals surface area contributed by atoms with Crippen LogP contribution < -0.4 is 0 Å². The van der Waals surface area contributed by atoms with Gasteiger partial charge in [-0.3, -0.25) is 0 Å². The van der Waals surface area contributed by atoms with Gasteiger partial charge >= 0.3 is 0 Å². The van der Waals surface area contributed by atoms with Gasteiger partial charge in [0.2, 0.25) is 0 Å². The van der Waals surface area contributed by atoms with Crippen LogP contribution in [0.3, 0.4) is 0 Å². The van der Waals surface area contributed by atoms with Crippen LogP contribution in [0.1, 0.15) is 39.0 Å². The van der Waals surface area contributed by atoms with Crippen molar-refractivity contribution in [3.63, 3.8) is 0 Å². The lowest BCUT2D eigenvalue weighted by molar-refractivity contribution is -0.140. The van der Waals surface area contributed by atoms with Gasteiger partial charge in [0.15, 0.2) is 6.29 Å². The SMILES string of the molecule is CCCCCOC(O)C1CC2C=CC1C2. The van der Waals surface area contributed by atoms with Gasteiger partial charge in [0.1, 0.15) is 0 Å². The van der Waals surface area contributed by atoms with E-state index in [0.29, 0.717) is 24.4 Å². The molecular formula is C13H22O2. The Morgan fingerprint density at radius 3 is 2.80 bits per heavy atom. The second-order valence-corrected chi connectivity index (χ2v) is 4.91. The summed E-state index contributed by atoms with van der Waals surface area (Å²) in [7, 11) is 0. The largest absolute Gasteiger partial charge is 0.368 e. The fraction of sp³-hybridized carbons (Fsp3) is 0.846. The Morgan fingerprint density at radius 1 is 1.33 bits per heavy atom. The molecule has 4 unspecified atom stereocenters. The van der Waals surface area contributed by atoms with Crippen molar-refractivity contribution in [1.82, 2.24) is 0 Å². The molecule has 0 aromatic heterocycles. The maximum Gasteiger partial charge on any atom is 0.157 e. The Morgan fingerprint density at radius 2 is 2.20 bits per heavy atom. The van der Waals surface area contributed by atoms with E-state index < -0.39 is 6.29 Å². The Kier molecular flexibility index (Phi) is 3.81. The van der Waals surface area contributed by atoms with Gasteiger partial charge in [-0.15, -0.1) is 0 Å². The van der Waals surface area contributed by atoms with E-state index in [-0.39, 0.29) is 0 Å². The summed E-state index contributed by atoms with van der Waals surface area (Å²) >= 11 is 0. The summed E-state index contributed by atoms with van der Waals surface area (Å²) in [6.45, 7) is 2.89. The normalized spacial score (nSPS) is 34.9. The number of ether oxygens (including phenoxy) is 1. The second-order valence-electron chi connectivity index (χ2n) is 4.91. The van der Waals surface area contributed by atoms with Crippen LogP contribution >= 0.6 is 0 Å². The summed E-state index contributed by atoms with van der Waals surface area (Å²) in [5, 5.41) is 9.91. The van der Waals surface area contributed by atoms with Gasteiger partial charge in [0, 0.05) is 12.5 Å². The van der Waals surface area contributed by atoms with Crippen LogP contribution in [-0.2, 0) is 4.74 Å². The molecule has 0 heterocycles. The summed E-state index contributed by atoms with van der Waals surface area (Å²) in [5.74, 6) is 1.66. The maximum absolute atomic E-state index is 9.91. The number of aliphatic hydroxyl groups excluding tert-OH is 1. The fourth-order valence-corrected chi connectivity index (χ4v) is 2.83. The molecule has 0 saturated heterocycles. The van der Waals surface area contributed by atoms with Crippen molar-refractivity contribution in [2.45, 2.75) is 45.3 Å². The Bertz CT molecular complexity index is 225. The van der Waals surface area contributed by atoms with Crippen LogP contribution in [0.4, 0.5) is 0 Å². The minimum atomic E-state index is -0.526. The molecule has 15 heavy (non-hydrogen) atoms. The van der Waals surface area contributed by atoms with Gasteiger partial charge in [-0.2, -0.15) is 0 Å². The third-order valence-electron chi connectivity index (χ3n) is 3.73. The molecule has 0 aromatic carbocycles. The van der Waals surface area contributed by atoms with Crippen LogP contribution in [0, 0.1) is 17.8 Å². The number of aliphatic hydroxyl groups is 1. The smallest absolute Gasteiger partial charge is 0.157 e. The number of unbranched alkanes of at least 4 members (excludes halogenated alkanes) is 2. The van der Waals surface area contributed by atoms with Gasteiger partial charge in [0.25, 0.3) is 0 Å². The highest BCUT2D eigenvalue weighted by atomic mass is 16.6. The van der Waals surface area contributed by atoms with Crippen molar-refractivity contribution in [2.24, 2.45) is 17.8 Å². The molecule has 0 spiro atoms. The molecule has 86 valence electrons. The third kappa shape index (κ3) is 2.61. The summed E-state index contributed by atoms with van der Waals surface area (Å²) in [5.41, 5.74) is 0. The van der Waals surface area contributed by atoms with Crippen LogP contribution in [0.5, 0.6) is 0 Å². The van der Waals surface area contributed by atoms with Crippen LogP contribution in [0.25, 0.3) is 0 Å². The van der Waals surface area contributed by atoms with Crippen molar-refractivity contribution in [3.8, 4) is 0 Å². The number of fused-ring (bicyclic) bond motifs is 2. The van der Waals surface area contributed by atoms with Crippen molar-refractivity contribution >= 4 is 0 Å². The monoisotopic (exact) mass is 210 g/mol. The van der Waals surface area contributed by atoms with Crippen LogP contribution in [0.2, 0.25) is 0 Å². The molecule has 1 saturated carbocycles. The standard InChI is InChI=1S/C13H22O2/c1-2-3-4-7-15-13(14)12-9-10-5-6-11(12)8-10/h5-6,10-14H,2-4,7-9H2,1H3. The first-order valence-corrected chi connectivity index (χ1v) is 6.29. The van der Waals surface area contributed by atoms with Crippen molar-refractivity contribution in [1.29, 1.82) is 0 Å². The number of hydrogen-bond acceptors (Lipinski definition) is 2. The quantitative estimate of drug-likeness (QED) is 0.415. The average molecular weight is 210 g/mol. The molecular weight excluding hydrogens is 188 g/mol. The van der Waals surface area contributed by atoms with Crippen molar-refractivity contribution < 1.29 is 9.84 Å². The zero-order valence-electron chi connectivity index (χ0n) is 9.56. The first-order chi connectivity index (χ1) is 7.31. The average Bonchev–Trinajstić information content (AvgIpc) is 2.85. The summed E-state index contributed by atoms with van der Waals surface area (Å²) in [6.07, 6.45) is 9.87. The van der Waals surface area contributed by atoms with Crippen molar-refractivity contribution in [3.05, 3.63) is 12.2 Å². The molecule has 1 N–H and O–H groups in total. The zero-order chi connectivity index (χ0) is 10.7. The van der Waals surface area contributed by atoms with E-state index in [1.54, 1.807) is 0 Å². The van der Waals surface area contributed by atoms with E-state index in [1.807, 2.05) is 0 Å². The highest BCUT2D eigenvalue weighted by Gasteiger charge is 2.39. The molecule has 0 aliphatic heterocycles. The molecule has 1 fully saturated rings. The Labute approximate surface area is 92.3 Å². The Hall–Kier alpha value is -0.340. The van der Waals surface area contributed by atoms with E-state index in [4.69, 9.17) is 4.74 Å². The highest BCUT2D eigenvalue weighted by Crippen LogP contribution is 2.45. The van der Waals surface area contributed by atoms with Crippen LogP contribution in [-0.4, -0.2) is 18.0 Å². The lowest BCUT2D eigenvalue weighted by atomic mass is 9.93. The third-order valence-corrected chi connectivity index (χ3v) is 3.73. The lowest BCUT2D eigenvalue weighted by Crippen LogP contribution is -2.27. The number of hydrogen-bond donors (Lipinski definition) is 1. The molecule has 0 aromatic rings. The van der Waals surface area contributed by atoms with Gasteiger partial charge < -0.3 is 9.84 Å². The minimum absolute atomic E-state index is 0.363.